The van der Waals surface area contributed by atoms with Gasteiger partial charge in [0.05, 0.1) is 24.8 Å². The maximum Gasteiger partial charge on any atom is 0.349 e. The molecule has 2 aromatic rings. The zero-order valence-electron chi connectivity index (χ0n) is 25.2. The van der Waals surface area contributed by atoms with E-state index < -0.39 is 45.8 Å². The highest BCUT2D eigenvalue weighted by molar-refractivity contribution is 6.30. The van der Waals surface area contributed by atoms with Crippen LogP contribution in [0.1, 0.15) is 74.7 Å². The van der Waals surface area contributed by atoms with Crippen molar-refractivity contribution in [3.63, 3.8) is 0 Å². The molecule has 0 saturated carbocycles. The fourth-order valence-corrected chi connectivity index (χ4v) is 5.52. The number of fused-ring (bicyclic) bond motifs is 1. The van der Waals surface area contributed by atoms with Gasteiger partial charge in [0.15, 0.2) is 28.5 Å². The van der Waals surface area contributed by atoms with Crippen LogP contribution in [0, 0.1) is 5.41 Å². The van der Waals surface area contributed by atoms with Crippen molar-refractivity contribution >= 4 is 34.7 Å². The van der Waals surface area contributed by atoms with E-state index in [9.17, 15) is 29.7 Å². The van der Waals surface area contributed by atoms with Crippen LogP contribution in [0.5, 0.6) is 23.0 Å². The fraction of sp³-hybridized carbons (Fsp3) is 0.406. The largest absolute Gasteiger partial charge is 0.504 e. The fourth-order valence-electron chi connectivity index (χ4n) is 5.39. The molecule has 0 amide bonds. The molecule has 0 radical (unpaired) electrons. The van der Waals surface area contributed by atoms with E-state index in [0.717, 1.165) is 0 Å². The van der Waals surface area contributed by atoms with Crippen molar-refractivity contribution in [3.8, 4) is 23.0 Å². The molecular formula is C32H35ClO10. The average Bonchev–Trinajstić information content (AvgIpc) is 3.10. The number of aliphatic hydroxyl groups is 1. The topological polar surface area (TPSA) is 149 Å². The first-order valence-corrected chi connectivity index (χ1v) is 14.0. The normalized spacial score (nSPS) is 21.5. The van der Waals surface area contributed by atoms with Crippen molar-refractivity contribution in [3.05, 3.63) is 63.4 Å². The molecule has 5 rings (SSSR count). The lowest BCUT2D eigenvalue weighted by Gasteiger charge is -2.39. The summed E-state index contributed by atoms with van der Waals surface area (Å²) in [7, 11) is 1.21. The number of esters is 1. The molecule has 43 heavy (non-hydrogen) atoms. The highest BCUT2D eigenvalue weighted by atomic mass is 35.5. The van der Waals surface area contributed by atoms with Crippen molar-refractivity contribution in [2.24, 2.45) is 5.41 Å². The minimum Gasteiger partial charge on any atom is -0.504 e. The van der Waals surface area contributed by atoms with Crippen LogP contribution in [0.25, 0.3) is 5.57 Å². The Hall–Kier alpha value is -4.02. The summed E-state index contributed by atoms with van der Waals surface area (Å²) in [4.78, 5) is 37.6. The Labute approximate surface area is 254 Å². The standard InChI is InChI=1S/C20H20O7.C12H15ClO3/c1-7-6-9(21)11-12-10(7)18-20(25,19(3,4)8(2)27-18)17(24)13(12)15(23)16(26-5)14(11)22;1-4-15-11(14)12(2,3)16-10-7-5-9(13)6-8-10/h6,8,22-23,25H,1-5H3;5-8H,4H2,1-3H3. The minimum atomic E-state index is -2.03. The van der Waals surface area contributed by atoms with E-state index in [-0.39, 0.29) is 34.2 Å². The van der Waals surface area contributed by atoms with E-state index >= 15 is 0 Å². The van der Waals surface area contributed by atoms with Crippen LogP contribution in [0.3, 0.4) is 0 Å². The molecule has 11 heteroatoms. The first-order chi connectivity index (χ1) is 19.9. The molecule has 1 saturated heterocycles. The zero-order valence-corrected chi connectivity index (χ0v) is 26.0. The zero-order chi connectivity index (χ0) is 32.2. The first kappa shape index (κ1) is 31.9. The lowest BCUT2D eigenvalue weighted by molar-refractivity contribution is -0.158. The summed E-state index contributed by atoms with van der Waals surface area (Å²) in [6.07, 6.45) is 0.801. The van der Waals surface area contributed by atoms with Crippen LogP contribution < -0.4 is 9.47 Å². The van der Waals surface area contributed by atoms with Crippen LogP contribution in [-0.2, 0) is 14.3 Å². The molecule has 0 bridgehead atoms. The molecular weight excluding hydrogens is 580 g/mol. The molecule has 0 spiro atoms. The van der Waals surface area contributed by atoms with Gasteiger partial charge in [0.2, 0.25) is 11.5 Å². The molecule has 1 aliphatic heterocycles. The Bertz CT molecular complexity index is 1580. The van der Waals surface area contributed by atoms with Gasteiger partial charge in [-0.1, -0.05) is 25.4 Å². The number of carbonyl (C=O) groups is 3. The van der Waals surface area contributed by atoms with Gasteiger partial charge in [0, 0.05) is 21.6 Å². The molecule has 10 nitrogen and oxygen atoms in total. The highest BCUT2D eigenvalue weighted by Crippen LogP contribution is 2.60. The molecule has 2 unspecified atom stereocenters. The lowest BCUT2D eigenvalue weighted by atomic mass is 9.63. The second kappa shape index (κ2) is 10.9. The van der Waals surface area contributed by atoms with E-state index in [1.165, 1.54) is 13.2 Å². The number of methoxy groups -OCH3 is 1. The Morgan fingerprint density at radius 3 is 2.21 bits per heavy atom. The summed E-state index contributed by atoms with van der Waals surface area (Å²) in [5, 5.41) is 33.3. The molecule has 2 aromatic carbocycles. The summed E-state index contributed by atoms with van der Waals surface area (Å²) in [5.74, 6) is -2.60. The highest BCUT2D eigenvalue weighted by Gasteiger charge is 2.66. The Morgan fingerprint density at radius 1 is 1.07 bits per heavy atom. The Balaban J connectivity index is 0.000000227. The van der Waals surface area contributed by atoms with Crippen LogP contribution >= 0.6 is 11.6 Å². The number of carbonyl (C=O) groups excluding carboxylic acids is 3. The molecule has 3 N–H and O–H groups in total. The number of hydrogen-bond donors (Lipinski definition) is 3. The predicted molar refractivity (Wildman–Crippen MR) is 158 cm³/mol. The number of ether oxygens (including phenoxy) is 4. The van der Waals surface area contributed by atoms with Gasteiger partial charge in [-0.05, 0) is 70.5 Å². The van der Waals surface area contributed by atoms with Crippen molar-refractivity contribution in [2.75, 3.05) is 13.7 Å². The molecule has 2 aliphatic carbocycles. The lowest BCUT2D eigenvalue weighted by Crippen LogP contribution is -2.53. The summed E-state index contributed by atoms with van der Waals surface area (Å²) >= 11 is 5.75. The third-order valence-electron chi connectivity index (χ3n) is 8.15. The van der Waals surface area contributed by atoms with Gasteiger partial charge < -0.3 is 34.3 Å². The van der Waals surface area contributed by atoms with E-state index in [2.05, 4.69) is 0 Å². The average molecular weight is 615 g/mol. The Kier molecular flexibility index (Phi) is 8.10. The van der Waals surface area contributed by atoms with E-state index in [1.807, 2.05) is 0 Å². The number of rotatable bonds is 5. The summed E-state index contributed by atoms with van der Waals surface area (Å²) in [5.41, 5.74) is -3.52. The van der Waals surface area contributed by atoms with Crippen LogP contribution in [0.4, 0.5) is 0 Å². The number of Topliss-reactive ketones (excluding diaryl/α,β-unsaturated/α-hetero) is 1. The van der Waals surface area contributed by atoms with Crippen LogP contribution in [0.2, 0.25) is 5.02 Å². The second-order valence-electron chi connectivity index (χ2n) is 11.6. The van der Waals surface area contributed by atoms with E-state index in [4.69, 9.17) is 30.5 Å². The number of ketones is 2. The predicted octanol–water partition coefficient (Wildman–Crippen LogP) is 5.39. The smallest absolute Gasteiger partial charge is 0.349 e. The van der Waals surface area contributed by atoms with E-state index in [0.29, 0.717) is 28.5 Å². The van der Waals surface area contributed by atoms with Crippen LogP contribution in [0.15, 0.2) is 41.7 Å². The van der Waals surface area contributed by atoms with Gasteiger partial charge in [-0.3, -0.25) is 9.59 Å². The summed E-state index contributed by atoms with van der Waals surface area (Å²) < 4.78 is 21.4. The SMILES string of the molecule is CCOC(=O)C(C)(C)Oc1ccc(Cl)cc1.COc1c(O)c2c3c(c1O)C(=O)C1(O)C(=C3C(C)=CC2=O)OC(C)C1(C)C. The quantitative estimate of drug-likeness (QED) is 0.374. The maximum atomic E-state index is 13.4. The number of phenols is 2. The summed E-state index contributed by atoms with van der Waals surface area (Å²) in [6, 6.07) is 6.84. The van der Waals surface area contributed by atoms with Gasteiger partial charge in [-0.15, -0.1) is 0 Å². The number of phenolic OH excluding ortho intramolecular Hbond substituents is 2. The number of halogens is 1. The van der Waals surface area contributed by atoms with Crippen molar-refractivity contribution in [2.45, 2.75) is 65.8 Å². The molecule has 0 aromatic heterocycles. The Morgan fingerprint density at radius 2 is 1.65 bits per heavy atom. The van der Waals surface area contributed by atoms with Crippen molar-refractivity contribution in [1.82, 2.24) is 0 Å². The van der Waals surface area contributed by atoms with Gasteiger partial charge in [0.25, 0.3) is 0 Å². The van der Waals surface area contributed by atoms with Gasteiger partial charge >= 0.3 is 5.97 Å². The maximum absolute atomic E-state index is 13.4. The number of aromatic hydroxyl groups is 2. The number of hydrogen-bond acceptors (Lipinski definition) is 10. The van der Waals surface area contributed by atoms with Crippen molar-refractivity contribution in [1.29, 1.82) is 0 Å². The molecule has 2 atom stereocenters. The molecule has 230 valence electrons. The van der Waals surface area contributed by atoms with Gasteiger partial charge in [0.1, 0.15) is 17.6 Å². The van der Waals surface area contributed by atoms with Gasteiger partial charge in [-0.2, -0.15) is 0 Å². The number of allylic oxidation sites excluding steroid dienone is 3. The molecule has 3 aliphatic rings. The van der Waals surface area contributed by atoms with Crippen LogP contribution in [-0.4, -0.2) is 63.9 Å². The third-order valence-corrected chi connectivity index (χ3v) is 8.41. The third kappa shape index (κ3) is 4.82. The van der Waals surface area contributed by atoms with Crippen molar-refractivity contribution < 1.29 is 48.7 Å². The monoisotopic (exact) mass is 614 g/mol. The minimum absolute atomic E-state index is 0.0453. The molecule has 1 fully saturated rings. The second-order valence-corrected chi connectivity index (χ2v) is 12.0. The first-order valence-electron chi connectivity index (χ1n) is 13.6. The number of benzene rings is 2. The molecule has 1 heterocycles. The van der Waals surface area contributed by atoms with Gasteiger partial charge in [-0.25, -0.2) is 4.79 Å². The summed E-state index contributed by atoms with van der Waals surface area (Å²) in [6.45, 7) is 12.2. The van der Waals surface area contributed by atoms with E-state index in [1.54, 1.807) is 72.7 Å².